The Morgan fingerprint density at radius 2 is 2.10 bits per heavy atom. The molecular weight excluding hydrogens is 132 g/mol. The van der Waals surface area contributed by atoms with E-state index in [0.717, 1.165) is 0 Å². The normalized spacial score (nSPS) is 25.9. The van der Waals surface area contributed by atoms with E-state index in [9.17, 15) is 4.79 Å². The molecule has 58 valence electrons. The second-order valence-corrected chi connectivity index (χ2v) is 3.42. The van der Waals surface area contributed by atoms with Crippen molar-refractivity contribution in [3.05, 3.63) is 0 Å². The molecule has 1 fully saturated rings. The third-order valence-corrected chi connectivity index (χ3v) is 1.32. The van der Waals surface area contributed by atoms with Crippen molar-refractivity contribution >= 4 is 6.09 Å². The van der Waals surface area contributed by atoms with Gasteiger partial charge in [-0.15, -0.1) is 0 Å². The van der Waals surface area contributed by atoms with Gasteiger partial charge in [-0.1, -0.05) is 20.8 Å². The molecule has 1 heterocycles. The van der Waals surface area contributed by atoms with Gasteiger partial charge in [-0.05, 0) is 0 Å². The average Bonchev–Trinajstić information content (AvgIpc) is 2.11. The van der Waals surface area contributed by atoms with Crippen LogP contribution in [0.4, 0.5) is 4.79 Å². The van der Waals surface area contributed by atoms with Crippen LogP contribution < -0.4 is 10.9 Å². The molecule has 4 nitrogen and oxygen atoms in total. The van der Waals surface area contributed by atoms with Gasteiger partial charge in [0.15, 0.2) is 6.23 Å². The molecule has 1 aliphatic heterocycles. The molecule has 0 aromatic rings. The lowest BCUT2D eigenvalue weighted by Gasteiger charge is -2.23. The molecule has 1 atom stereocenters. The number of rotatable bonds is 0. The Morgan fingerprint density at radius 1 is 1.50 bits per heavy atom. The lowest BCUT2D eigenvalue weighted by Crippen LogP contribution is -2.39. The summed E-state index contributed by atoms with van der Waals surface area (Å²) in [6, 6.07) is 0. The molecule has 0 spiro atoms. The number of carbonyl (C=O) groups is 1. The van der Waals surface area contributed by atoms with Crippen molar-refractivity contribution in [1.82, 2.24) is 10.9 Å². The highest BCUT2D eigenvalue weighted by Crippen LogP contribution is 2.21. The van der Waals surface area contributed by atoms with Gasteiger partial charge in [0.1, 0.15) is 0 Å². The largest absolute Gasteiger partial charge is 0.427 e. The van der Waals surface area contributed by atoms with Gasteiger partial charge in [-0.25, -0.2) is 4.79 Å². The zero-order valence-corrected chi connectivity index (χ0v) is 6.39. The van der Waals surface area contributed by atoms with Crippen molar-refractivity contribution < 1.29 is 9.53 Å². The molecule has 0 aromatic heterocycles. The zero-order valence-electron chi connectivity index (χ0n) is 6.39. The second-order valence-electron chi connectivity index (χ2n) is 3.42. The van der Waals surface area contributed by atoms with Crippen LogP contribution in [0.5, 0.6) is 0 Å². The van der Waals surface area contributed by atoms with Gasteiger partial charge in [-0.3, -0.25) is 5.43 Å². The highest BCUT2D eigenvalue weighted by atomic mass is 16.6. The number of amides is 1. The number of nitrogens with one attached hydrogen (secondary N) is 2. The zero-order chi connectivity index (χ0) is 7.78. The Hall–Kier alpha value is -0.770. The second kappa shape index (κ2) is 2.12. The van der Waals surface area contributed by atoms with Gasteiger partial charge in [-0.2, -0.15) is 5.43 Å². The first kappa shape index (κ1) is 7.34. The fourth-order valence-electron chi connectivity index (χ4n) is 0.684. The summed E-state index contributed by atoms with van der Waals surface area (Å²) < 4.78 is 4.86. The molecule has 0 saturated carbocycles. The first-order chi connectivity index (χ1) is 4.50. The van der Waals surface area contributed by atoms with E-state index in [2.05, 4.69) is 10.9 Å². The molecule has 1 rings (SSSR count). The molecule has 1 unspecified atom stereocenters. The maximum Gasteiger partial charge on any atom is 0.423 e. The molecule has 10 heavy (non-hydrogen) atoms. The van der Waals surface area contributed by atoms with Crippen molar-refractivity contribution in [2.45, 2.75) is 27.0 Å². The molecule has 0 radical (unpaired) electrons. The first-order valence-corrected chi connectivity index (χ1v) is 3.22. The summed E-state index contributed by atoms with van der Waals surface area (Å²) in [6.45, 7) is 5.97. The van der Waals surface area contributed by atoms with Crippen LogP contribution in [0.3, 0.4) is 0 Å². The molecule has 2 N–H and O–H groups in total. The lowest BCUT2D eigenvalue weighted by molar-refractivity contribution is 0.0520. The number of hydrogen-bond donors (Lipinski definition) is 2. The monoisotopic (exact) mass is 144 g/mol. The highest BCUT2D eigenvalue weighted by molar-refractivity contribution is 5.68. The van der Waals surface area contributed by atoms with Crippen LogP contribution in [-0.2, 0) is 4.74 Å². The Labute approximate surface area is 59.9 Å². The Morgan fingerprint density at radius 3 is 2.30 bits per heavy atom. The average molecular weight is 144 g/mol. The van der Waals surface area contributed by atoms with Gasteiger partial charge in [0.25, 0.3) is 0 Å². The summed E-state index contributed by atoms with van der Waals surface area (Å²) >= 11 is 0. The Bertz CT molecular complexity index is 150. The minimum absolute atomic E-state index is 0.0564. The van der Waals surface area contributed by atoms with E-state index in [0.29, 0.717) is 0 Å². The van der Waals surface area contributed by atoms with Crippen LogP contribution in [0.2, 0.25) is 0 Å². The standard InChI is InChI=1S/C6H12N2O2/c1-6(2,3)4-7-8-5(9)10-4/h4,7H,1-3H3,(H,8,9). The smallest absolute Gasteiger partial charge is 0.423 e. The molecule has 4 heteroatoms. The minimum atomic E-state index is -0.403. The van der Waals surface area contributed by atoms with Crippen molar-refractivity contribution in [3.8, 4) is 0 Å². The number of hydrazine groups is 1. The van der Waals surface area contributed by atoms with Crippen LogP contribution in [0.25, 0.3) is 0 Å². The summed E-state index contributed by atoms with van der Waals surface area (Å²) in [6.07, 6.45) is -0.625. The SMILES string of the molecule is CC(C)(C)C1NNC(=O)O1. The molecular formula is C6H12N2O2. The fraction of sp³-hybridized carbons (Fsp3) is 0.833. The molecule has 1 amide bonds. The van der Waals surface area contributed by atoms with E-state index in [1.165, 1.54) is 0 Å². The Balaban J connectivity index is 2.53. The number of cyclic esters (lactones) is 1. The van der Waals surface area contributed by atoms with Crippen LogP contribution in [-0.4, -0.2) is 12.3 Å². The van der Waals surface area contributed by atoms with E-state index in [1.54, 1.807) is 0 Å². The maximum atomic E-state index is 10.5. The van der Waals surface area contributed by atoms with Gasteiger partial charge in [0.2, 0.25) is 0 Å². The van der Waals surface area contributed by atoms with E-state index in [4.69, 9.17) is 4.74 Å². The lowest BCUT2D eigenvalue weighted by atomic mass is 9.95. The molecule has 0 aromatic carbocycles. The molecule has 1 saturated heterocycles. The van der Waals surface area contributed by atoms with Crippen LogP contribution in [0.1, 0.15) is 20.8 Å². The van der Waals surface area contributed by atoms with Crippen molar-refractivity contribution in [1.29, 1.82) is 0 Å². The van der Waals surface area contributed by atoms with Crippen LogP contribution >= 0.6 is 0 Å². The van der Waals surface area contributed by atoms with Gasteiger partial charge >= 0.3 is 6.09 Å². The third kappa shape index (κ3) is 1.39. The summed E-state index contributed by atoms with van der Waals surface area (Å²) in [5.41, 5.74) is 5.03. The summed E-state index contributed by atoms with van der Waals surface area (Å²) in [5, 5.41) is 0. The van der Waals surface area contributed by atoms with Crippen LogP contribution in [0, 0.1) is 5.41 Å². The van der Waals surface area contributed by atoms with Gasteiger partial charge in [0, 0.05) is 5.41 Å². The van der Waals surface area contributed by atoms with Crippen molar-refractivity contribution in [2.75, 3.05) is 0 Å². The maximum absolute atomic E-state index is 10.5. The summed E-state index contributed by atoms with van der Waals surface area (Å²) in [7, 11) is 0. The van der Waals surface area contributed by atoms with Gasteiger partial charge < -0.3 is 4.74 Å². The van der Waals surface area contributed by atoms with Crippen molar-refractivity contribution in [2.24, 2.45) is 5.41 Å². The first-order valence-electron chi connectivity index (χ1n) is 3.22. The fourth-order valence-corrected chi connectivity index (χ4v) is 0.684. The number of hydrogen-bond acceptors (Lipinski definition) is 3. The summed E-state index contributed by atoms with van der Waals surface area (Å²) in [5.74, 6) is 0. The summed E-state index contributed by atoms with van der Waals surface area (Å²) in [4.78, 5) is 10.5. The van der Waals surface area contributed by atoms with E-state index in [1.807, 2.05) is 20.8 Å². The van der Waals surface area contributed by atoms with Crippen LogP contribution in [0.15, 0.2) is 0 Å². The van der Waals surface area contributed by atoms with E-state index >= 15 is 0 Å². The number of ether oxygens (including phenoxy) is 1. The predicted octanol–water partition coefficient (Wildman–Crippen LogP) is 0.603. The number of carbonyl (C=O) groups excluding carboxylic acids is 1. The van der Waals surface area contributed by atoms with E-state index < -0.39 is 6.09 Å². The highest BCUT2D eigenvalue weighted by Gasteiger charge is 2.32. The third-order valence-electron chi connectivity index (χ3n) is 1.32. The quantitative estimate of drug-likeness (QED) is 0.523. The predicted molar refractivity (Wildman–Crippen MR) is 36.0 cm³/mol. The van der Waals surface area contributed by atoms with E-state index in [-0.39, 0.29) is 11.6 Å². The van der Waals surface area contributed by atoms with Gasteiger partial charge in [0.05, 0.1) is 0 Å². The molecule has 0 aliphatic carbocycles. The molecule has 1 aliphatic rings. The Kier molecular flexibility index (Phi) is 1.56. The minimum Gasteiger partial charge on any atom is -0.427 e. The van der Waals surface area contributed by atoms with Crippen molar-refractivity contribution in [3.63, 3.8) is 0 Å². The molecule has 0 bridgehead atoms. The topological polar surface area (TPSA) is 50.4 Å².